The highest BCUT2D eigenvalue weighted by Crippen LogP contribution is 2.39. The average molecular weight is 263 g/mol. The zero-order valence-corrected chi connectivity index (χ0v) is 11.7. The van der Waals surface area contributed by atoms with Gasteiger partial charge < -0.3 is 14.7 Å². The van der Waals surface area contributed by atoms with Crippen LogP contribution in [0, 0.1) is 5.92 Å². The quantitative estimate of drug-likeness (QED) is 0.887. The molecular weight excluding hydrogens is 242 g/mol. The number of benzene rings is 1. The SMILES string of the molecule is CCN1c2cccc(OC)c2CC1CC(C)C(=O)O. The number of anilines is 1. The number of carboxylic acid groups (broad SMARTS) is 1. The van der Waals surface area contributed by atoms with Gasteiger partial charge in [0.2, 0.25) is 0 Å². The highest BCUT2D eigenvalue weighted by Gasteiger charge is 2.32. The normalized spacial score (nSPS) is 19.1. The average Bonchev–Trinajstić information content (AvgIpc) is 2.75. The molecule has 19 heavy (non-hydrogen) atoms. The first-order chi connectivity index (χ1) is 9.08. The van der Waals surface area contributed by atoms with Gasteiger partial charge in [-0.15, -0.1) is 0 Å². The van der Waals surface area contributed by atoms with Crippen LogP contribution >= 0.6 is 0 Å². The first-order valence-electron chi connectivity index (χ1n) is 6.73. The molecule has 0 aliphatic carbocycles. The fourth-order valence-corrected chi connectivity index (χ4v) is 2.91. The van der Waals surface area contributed by atoms with E-state index in [1.807, 2.05) is 12.1 Å². The minimum atomic E-state index is -0.723. The Labute approximate surface area is 114 Å². The van der Waals surface area contributed by atoms with Gasteiger partial charge in [-0.3, -0.25) is 4.79 Å². The number of aliphatic carboxylic acids is 1. The number of rotatable bonds is 5. The molecule has 1 aromatic rings. The second kappa shape index (κ2) is 5.51. The van der Waals surface area contributed by atoms with Gasteiger partial charge in [0.05, 0.1) is 13.0 Å². The van der Waals surface area contributed by atoms with Crippen molar-refractivity contribution in [3.8, 4) is 5.75 Å². The summed E-state index contributed by atoms with van der Waals surface area (Å²) in [4.78, 5) is 13.3. The van der Waals surface area contributed by atoms with E-state index in [9.17, 15) is 4.79 Å². The summed E-state index contributed by atoms with van der Waals surface area (Å²) < 4.78 is 5.41. The van der Waals surface area contributed by atoms with Gasteiger partial charge in [-0.25, -0.2) is 0 Å². The zero-order valence-electron chi connectivity index (χ0n) is 11.7. The second-order valence-corrected chi connectivity index (χ2v) is 5.08. The van der Waals surface area contributed by atoms with E-state index in [0.29, 0.717) is 6.42 Å². The highest BCUT2D eigenvalue weighted by molar-refractivity contribution is 5.70. The number of fused-ring (bicyclic) bond motifs is 1. The number of carboxylic acids is 1. The van der Waals surface area contributed by atoms with Crippen molar-refractivity contribution in [1.82, 2.24) is 0 Å². The van der Waals surface area contributed by atoms with Crippen LogP contribution < -0.4 is 9.64 Å². The summed E-state index contributed by atoms with van der Waals surface area (Å²) in [5.41, 5.74) is 2.39. The molecule has 0 amide bonds. The lowest BCUT2D eigenvalue weighted by molar-refractivity contribution is -0.141. The maximum Gasteiger partial charge on any atom is 0.306 e. The van der Waals surface area contributed by atoms with E-state index in [4.69, 9.17) is 9.84 Å². The van der Waals surface area contributed by atoms with Gasteiger partial charge in [-0.2, -0.15) is 0 Å². The van der Waals surface area contributed by atoms with Crippen LogP contribution in [0.4, 0.5) is 5.69 Å². The summed E-state index contributed by atoms with van der Waals surface area (Å²) >= 11 is 0. The number of hydrogen-bond donors (Lipinski definition) is 1. The Morgan fingerprint density at radius 1 is 1.58 bits per heavy atom. The summed E-state index contributed by atoms with van der Waals surface area (Å²) in [6.45, 7) is 4.76. The molecule has 0 radical (unpaired) electrons. The molecule has 0 bridgehead atoms. The summed E-state index contributed by atoms with van der Waals surface area (Å²) in [6.07, 6.45) is 1.53. The molecule has 1 N–H and O–H groups in total. The third-order valence-corrected chi connectivity index (χ3v) is 3.91. The third-order valence-electron chi connectivity index (χ3n) is 3.91. The molecule has 104 valence electrons. The van der Waals surface area contributed by atoms with Gasteiger partial charge in [-0.05, 0) is 31.9 Å². The number of ether oxygens (including phenoxy) is 1. The Bertz CT molecular complexity index is 472. The molecule has 1 aromatic carbocycles. The molecule has 1 aliphatic rings. The first kappa shape index (κ1) is 13.7. The molecule has 4 nitrogen and oxygen atoms in total. The smallest absolute Gasteiger partial charge is 0.306 e. The van der Waals surface area contributed by atoms with E-state index in [0.717, 1.165) is 18.7 Å². The predicted octanol–water partition coefficient (Wildman–Crippen LogP) is 2.56. The Balaban J connectivity index is 2.25. The van der Waals surface area contributed by atoms with E-state index < -0.39 is 5.97 Å². The van der Waals surface area contributed by atoms with Gasteiger partial charge in [0, 0.05) is 23.8 Å². The van der Waals surface area contributed by atoms with Crippen molar-refractivity contribution < 1.29 is 14.6 Å². The van der Waals surface area contributed by atoms with Gasteiger partial charge in [0.15, 0.2) is 0 Å². The Morgan fingerprint density at radius 3 is 2.89 bits per heavy atom. The van der Waals surface area contributed by atoms with Crippen LogP contribution in [0.3, 0.4) is 0 Å². The van der Waals surface area contributed by atoms with Gasteiger partial charge in [0.1, 0.15) is 5.75 Å². The zero-order chi connectivity index (χ0) is 14.0. The number of methoxy groups -OCH3 is 1. The van der Waals surface area contributed by atoms with Crippen LogP contribution in [-0.2, 0) is 11.2 Å². The minimum Gasteiger partial charge on any atom is -0.496 e. The summed E-state index contributed by atoms with van der Waals surface area (Å²) in [7, 11) is 1.68. The molecule has 2 rings (SSSR count). The number of hydrogen-bond acceptors (Lipinski definition) is 3. The lowest BCUT2D eigenvalue weighted by Gasteiger charge is -2.27. The fraction of sp³-hybridized carbons (Fsp3) is 0.533. The summed E-state index contributed by atoms with van der Waals surface area (Å²) in [6, 6.07) is 6.30. The van der Waals surface area contributed by atoms with Crippen molar-refractivity contribution in [1.29, 1.82) is 0 Å². The van der Waals surface area contributed by atoms with Crippen molar-refractivity contribution in [3.05, 3.63) is 23.8 Å². The van der Waals surface area contributed by atoms with Crippen LogP contribution in [0.5, 0.6) is 5.75 Å². The molecule has 0 fully saturated rings. The van der Waals surface area contributed by atoms with E-state index in [-0.39, 0.29) is 12.0 Å². The first-order valence-corrected chi connectivity index (χ1v) is 6.73. The van der Waals surface area contributed by atoms with Gasteiger partial charge >= 0.3 is 5.97 Å². The van der Waals surface area contributed by atoms with E-state index in [1.54, 1.807) is 14.0 Å². The molecule has 2 atom stereocenters. The molecule has 1 aliphatic heterocycles. The Morgan fingerprint density at radius 2 is 2.32 bits per heavy atom. The van der Waals surface area contributed by atoms with Crippen molar-refractivity contribution in [2.24, 2.45) is 5.92 Å². The Kier molecular flexibility index (Phi) is 3.98. The van der Waals surface area contributed by atoms with Crippen LogP contribution in [0.15, 0.2) is 18.2 Å². The van der Waals surface area contributed by atoms with Crippen LogP contribution in [0.25, 0.3) is 0 Å². The molecule has 2 unspecified atom stereocenters. The highest BCUT2D eigenvalue weighted by atomic mass is 16.5. The van der Waals surface area contributed by atoms with E-state index in [1.165, 1.54) is 11.3 Å². The number of likely N-dealkylation sites (N-methyl/N-ethyl adjacent to an activating group) is 1. The van der Waals surface area contributed by atoms with Crippen molar-refractivity contribution in [3.63, 3.8) is 0 Å². The van der Waals surface area contributed by atoms with Crippen LogP contribution in [-0.4, -0.2) is 30.8 Å². The molecule has 0 saturated carbocycles. The maximum absolute atomic E-state index is 11.0. The monoisotopic (exact) mass is 263 g/mol. The molecule has 0 aromatic heterocycles. The molecule has 4 heteroatoms. The van der Waals surface area contributed by atoms with E-state index >= 15 is 0 Å². The lowest BCUT2D eigenvalue weighted by Crippen LogP contribution is -2.34. The largest absolute Gasteiger partial charge is 0.496 e. The van der Waals surface area contributed by atoms with Crippen molar-refractivity contribution >= 4 is 11.7 Å². The summed E-state index contributed by atoms with van der Waals surface area (Å²) in [5.74, 6) is -0.139. The fourth-order valence-electron chi connectivity index (χ4n) is 2.91. The van der Waals surface area contributed by atoms with Crippen LogP contribution in [0.1, 0.15) is 25.8 Å². The molecule has 1 heterocycles. The third kappa shape index (κ3) is 2.53. The second-order valence-electron chi connectivity index (χ2n) is 5.08. The van der Waals surface area contributed by atoms with Crippen molar-refractivity contribution in [2.75, 3.05) is 18.6 Å². The molecule has 0 spiro atoms. The molecule has 0 saturated heterocycles. The van der Waals surface area contributed by atoms with Gasteiger partial charge in [0.25, 0.3) is 0 Å². The number of nitrogens with zero attached hydrogens (tertiary/aromatic N) is 1. The topological polar surface area (TPSA) is 49.8 Å². The predicted molar refractivity (Wildman–Crippen MR) is 74.9 cm³/mol. The van der Waals surface area contributed by atoms with Crippen molar-refractivity contribution in [2.45, 2.75) is 32.7 Å². The minimum absolute atomic E-state index is 0.252. The maximum atomic E-state index is 11.0. The van der Waals surface area contributed by atoms with Crippen LogP contribution in [0.2, 0.25) is 0 Å². The molecular formula is C15H21NO3. The standard InChI is InChI=1S/C15H21NO3/c1-4-16-11(8-10(2)15(17)18)9-12-13(16)6-5-7-14(12)19-3/h5-7,10-11H,4,8-9H2,1-3H3,(H,17,18). The Hall–Kier alpha value is -1.71. The lowest BCUT2D eigenvalue weighted by atomic mass is 9.98. The number of carbonyl (C=O) groups is 1. The summed E-state index contributed by atoms with van der Waals surface area (Å²) in [5, 5.41) is 9.08. The van der Waals surface area contributed by atoms with Gasteiger partial charge in [-0.1, -0.05) is 13.0 Å². The van der Waals surface area contributed by atoms with E-state index in [2.05, 4.69) is 17.9 Å².